The molecular weight excluding hydrogens is 597 g/mol. The summed E-state index contributed by atoms with van der Waals surface area (Å²) in [6, 6.07) is 7.22. The predicted molar refractivity (Wildman–Crippen MR) is 109 cm³/mol. The number of methoxy groups -OCH3 is 1. The van der Waals surface area contributed by atoms with E-state index in [2.05, 4.69) is 69.8 Å². The molecule has 2 aromatic rings. The van der Waals surface area contributed by atoms with Crippen molar-refractivity contribution >= 4 is 71.2 Å². The van der Waals surface area contributed by atoms with Gasteiger partial charge >= 0.3 is 0 Å². The van der Waals surface area contributed by atoms with Crippen molar-refractivity contribution in [2.45, 2.75) is 6.92 Å². The first-order valence-corrected chi connectivity index (χ1v) is 12.7. The van der Waals surface area contributed by atoms with E-state index >= 15 is 0 Å². The molecule has 0 aliphatic carbocycles. The van der Waals surface area contributed by atoms with Gasteiger partial charge in [-0.1, -0.05) is 0 Å². The van der Waals surface area contributed by atoms with Crippen molar-refractivity contribution in [3.63, 3.8) is 0 Å². The number of rotatable bonds is 1. The molecule has 8 heteroatoms. The first kappa shape index (κ1) is 19.9. The molecule has 0 spiro atoms. The average Bonchev–Trinajstić information content (AvgIpc) is 2.48. The van der Waals surface area contributed by atoms with Crippen LogP contribution < -0.4 is 16.2 Å². The Kier molecular flexibility index (Phi) is 11.5. The lowest BCUT2D eigenvalue weighted by Gasteiger charge is -1.99. The highest BCUT2D eigenvalue weighted by Gasteiger charge is 1.97. The van der Waals surface area contributed by atoms with Crippen LogP contribution in [0.15, 0.2) is 30.5 Å². The maximum atomic E-state index is 5.52. The first-order chi connectivity index (χ1) is 9.52. The molecule has 0 saturated heterocycles. The minimum Gasteiger partial charge on any atom is -0.481 e. The highest BCUT2D eigenvalue weighted by Crippen LogP contribution is 2.15. The molecule has 4 N–H and O–H groups in total. The minimum atomic E-state index is 0.596. The smallest absolute Gasteiger partial charge is 0.214 e. The predicted octanol–water partition coefficient (Wildman–Crippen LogP) is 4.02. The van der Waals surface area contributed by atoms with Crippen LogP contribution in [0.2, 0.25) is 0 Å². The lowest BCUT2D eigenvalue weighted by atomic mass is 10.4. The van der Waals surface area contributed by atoms with E-state index in [0.717, 1.165) is 15.1 Å². The lowest BCUT2D eigenvalue weighted by molar-refractivity contribution is 0.397. The molecule has 0 saturated carbocycles. The minimum absolute atomic E-state index is 0.596. The Morgan fingerprint density at radius 3 is 2.15 bits per heavy atom. The van der Waals surface area contributed by atoms with E-state index in [4.69, 9.17) is 16.2 Å². The molecule has 0 atom stereocenters. The fourth-order valence-electron chi connectivity index (χ4n) is 1.02. The topological polar surface area (TPSA) is 87.0 Å². The largest absolute Gasteiger partial charge is 0.481 e. The van der Waals surface area contributed by atoms with Crippen molar-refractivity contribution in [2.75, 3.05) is 18.6 Å². The zero-order valence-electron chi connectivity index (χ0n) is 11.0. The molecule has 2 aromatic heterocycles. The lowest BCUT2D eigenvalue weighted by Crippen LogP contribution is -1.94. The van der Waals surface area contributed by atoms with Crippen molar-refractivity contribution in [1.82, 2.24) is 9.97 Å². The molecule has 110 valence electrons. The Morgan fingerprint density at radius 1 is 1.10 bits per heavy atom. The van der Waals surface area contributed by atoms with Gasteiger partial charge in [0.05, 0.1) is 24.7 Å². The fourth-order valence-corrected chi connectivity index (χ4v) is 1.44. The van der Waals surface area contributed by atoms with Crippen LogP contribution in [0.4, 0.5) is 11.4 Å². The molecule has 0 radical (unpaired) electrons. The monoisotopic (exact) mass is 612 g/mol. The van der Waals surface area contributed by atoms with Crippen LogP contribution in [-0.2, 0) is 0 Å². The summed E-state index contributed by atoms with van der Waals surface area (Å²) in [5, 5.41) is 0. The fraction of sp³-hybridized carbons (Fsp3) is 0.167. The first-order valence-electron chi connectivity index (χ1n) is 5.31. The summed E-state index contributed by atoms with van der Waals surface area (Å²) < 4.78 is 5.65. The molecule has 0 aromatic carbocycles. The SMILES string of the molecule is COc1ccc(N)c(I)n1.Cc1ccc(N)cn1.II. The van der Waals surface area contributed by atoms with Gasteiger partial charge in [0.15, 0.2) is 0 Å². The number of hydrogen-bond acceptors (Lipinski definition) is 5. The van der Waals surface area contributed by atoms with Crippen molar-refractivity contribution < 1.29 is 4.74 Å². The van der Waals surface area contributed by atoms with Crippen molar-refractivity contribution in [3.8, 4) is 5.88 Å². The maximum absolute atomic E-state index is 5.52. The Bertz CT molecular complexity index is 488. The summed E-state index contributed by atoms with van der Waals surface area (Å²) >= 11 is 6.30. The molecule has 2 rings (SSSR count). The number of hydrogen-bond donors (Lipinski definition) is 2. The Labute approximate surface area is 155 Å². The van der Waals surface area contributed by atoms with Gasteiger partial charge in [-0.3, -0.25) is 4.98 Å². The summed E-state index contributed by atoms with van der Waals surface area (Å²) in [5.74, 6) is 0.596. The second-order valence-corrected chi connectivity index (χ2v) is 4.49. The number of nitrogens with two attached hydrogens (primary N) is 2. The normalized spacial score (nSPS) is 8.65. The van der Waals surface area contributed by atoms with E-state index in [-0.39, 0.29) is 0 Å². The van der Waals surface area contributed by atoms with Crippen LogP contribution in [0.25, 0.3) is 0 Å². The van der Waals surface area contributed by atoms with Crippen molar-refractivity contribution in [2.24, 2.45) is 0 Å². The summed E-state index contributed by atoms with van der Waals surface area (Å²) in [6.45, 7) is 1.93. The molecule has 0 bridgehead atoms. The van der Waals surface area contributed by atoms with Crippen LogP contribution in [0.5, 0.6) is 5.88 Å². The number of nitrogen functional groups attached to an aromatic ring is 2. The molecule has 2 heterocycles. The van der Waals surface area contributed by atoms with E-state index < -0.39 is 0 Å². The molecule has 0 unspecified atom stereocenters. The van der Waals surface area contributed by atoms with Gasteiger partial charge in [0.2, 0.25) is 5.88 Å². The molecule has 0 fully saturated rings. The molecule has 0 aliphatic heterocycles. The summed E-state index contributed by atoms with van der Waals surface area (Å²) in [7, 11) is 1.58. The zero-order chi connectivity index (χ0) is 15.5. The van der Waals surface area contributed by atoms with Gasteiger partial charge < -0.3 is 16.2 Å². The second kappa shape index (κ2) is 11.5. The molecule has 20 heavy (non-hydrogen) atoms. The number of anilines is 2. The summed E-state index contributed by atoms with van der Waals surface area (Å²) in [6.07, 6.45) is 1.65. The summed E-state index contributed by atoms with van der Waals surface area (Å²) in [5.41, 5.74) is 13.3. The molecule has 0 amide bonds. The van der Waals surface area contributed by atoms with E-state index in [0.29, 0.717) is 11.6 Å². The van der Waals surface area contributed by atoms with Crippen LogP contribution >= 0.6 is 59.8 Å². The highest BCUT2D eigenvalue weighted by molar-refractivity contribution is 15.0. The average molecular weight is 612 g/mol. The maximum Gasteiger partial charge on any atom is 0.214 e. The number of ether oxygens (including phenoxy) is 1. The quantitative estimate of drug-likeness (QED) is 0.376. The third-order valence-corrected chi connectivity index (χ3v) is 2.86. The Hall–Kier alpha value is -0.110. The van der Waals surface area contributed by atoms with E-state index in [1.807, 2.05) is 19.1 Å². The number of aromatic nitrogens is 2. The zero-order valence-corrected chi connectivity index (χ0v) is 17.5. The number of pyridine rings is 2. The van der Waals surface area contributed by atoms with Crippen molar-refractivity contribution in [1.29, 1.82) is 0 Å². The van der Waals surface area contributed by atoms with Gasteiger partial charge in [0.25, 0.3) is 0 Å². The van der Waals surface area contributed by atoms with E-state index in [9.17, 15) is 0 Å². The van der Waals surface area contributed by atoms with Gasteiger partial charge in [0, 0.05) is 49.0 Å². The highest BCUT2D eigenvalue weighted by atomic mass is 128. The van der Waals surface area contributed by atoms with E-state index in [1.165, 1.54) is 0 Å². The van der Waals surface area contributed by atoms with Crippen LogP contribution in [0.1, 0.15) is 5.69 Å². The van der Waals surface area contributed by atoms with Gasteiger partial charge in [-0.05, 0) is 47.7 Å². The standard InChI is InChI=1S/C6H7IN2O.C6H8N2.I2/c1-10-5-3-2-4(8)6(7)9-5;1-5-2-3-6(7)4-8-5;1-2/h2-3H,8H2,1H3;2-4H,7H2,1H3;. The Balaban J connectivity index is 0.000000327. The molecular formula is C12H15I3N4O. The van der Waals surface area contributed by atoms with Crippen LogP contribution in [0, 0.1) is 10.6 Å². The third kappa shape index (κ3) is 8.24. The molecule has 0 aliphatic rings. The third-order valence-electron chi connectivity index (χ3n) is 2.00. The number of aryl methyl sites for hydroxylation is 1. The van der Waals surface area contributed by atoms with Gasteiger partial charge in [-0.15, -0.1) is 0 Å². The van der Waals surface area contributed by atoms with Crippen LogP contribution in [-0.4, -0.2) is 17.1 Å². The number of halogens is 3. The van der Waals surface area contributed by atoms with Crippen molar-refractivity contribution in [3.05, 3.63) is 39.9 Å². The molecule has 5 nitrogen and oxygen atoms in total. The van der Waals surface area contributed by atoms with Gasteiger partial charge in [-0.25, -0.2) is 4.98 Å². The number of nitrogens with zero attached hydrogens (tertiary/aromatic N) is 2. The second-order valence-electron chi connectivity index (χ2n) is 3.47. The van der Waals surface area contributed by atoms with Gasteiger partial charge in [-0.2, -0.15) is 0 Å². The summed E-state index contributed by atoms with van der Waals surface area (Å²) in [4.78, 5) is 7.98. The van der Waals surface area contributed by atoms with Gasteiger partial charge in [0.1, 0.15) is 3.70 Å². The van der Waals surface area contributed by atoms with E-state index in [1.54, 1.807) is 25.4 Å². The Morgan fingerprint density at radius 2 is 1.75 bits per heavy atom. The van der Waals surface area contributed by atoms with Crippen LogP contribution in [0.3, 0.4) is 0 Å².